The second kappa shape index (κ2) is 5.28. The second-order valence-electron chi connectivity index (χ2n) is 2.84. The SMILES string of the molecule is CC(C)=NOc1c(I)cnc(Cl)c1C#N. The molecule has 15 heavy (non-hydrogen) atoms. The minimum Gasteiger partial charge on any atom is -0.354 e. The van der Waals surface area contributed by atoms with Gasteiger partial charge in [0.2, 0.25) is 0 Å². The fraction of sp³-hybridized carbons (Fsp3) is 0.222. The van der Waals surface area contributed by atoms with Crippen molar-refractivity contribution in [3.8, 4) is 11.8 Å². The van der Waals surface area contributed by atoms with Gasteiger partial charge in [0, 0.05) is 6.20 Å². The number of aromatic nitrogens is 1. The molecular weight excluding hydrogens is 328 g/mol. The van der Waals surface area contributed by atoms with Gasteiger partial charge in [0.25, 0.3) is 0 Å². The first-order chi connectivity index (χ1) is 7.06. The number of rotatable bonds is 2. The molecule has 0 spiro atoms. The van der Waals surface area contributed by atoms with Crippen LogP contribution < -0.4 is 4.84 Å². The lowest BCUT2D eigenvalue weighted by Crippen LogP contribution is -1.96. The Hall–Kier alpha value is -0.870. The molecule has 0 unspecified atom stereocenters. The van der Waals surface area contributed by atoms with Crippen molar-refractivity contribution in [2.24, 2.45) is 5.16 Å². The molecule has 0 radical (unpaired) electrons. The Morgan fingerprint density at radius 1 is 1.67 bits per heavy atom. The summed E-state index contributed by atoms with van der Waals surface area (Å²) in [5, 5.41) is 12.8. The van der Waals surface area contributed by atoms with Crippen LogP contribution in [0.4, 0.5) is 0 Å². The third-order valence-electron chi connectivity index (χ3n) is 1.37. The predicted molar refractivity (Wildman–Crippen MR) is 66.1 cm³/mol. The summed E-state index contributed by atoms with van der Waals surface area (Å²) < 4.78 is 0.693. The van der Waals surface area contributed by atoms with Crippen molar-refractivity contribution >= 4 is 39.9 Å². The molecule has 0 saturated carbocycles. The minimum atomic E-state index is 0.122. The van der Waals surface area contributed by atoms with Gasteiger partial charge in [0.05, 0.1) is 9.28 Å². The summed E-state index contributed by atoms with van der Waals surface area (Å²) in [7, 11) is 0. The third-order valence-corrected chi connectivity index (χ3v) is 2.43. The number of hydrogen-bond donors (Lipinski definition) is 0. The average Bonchev–Trinajstić information content (AvgIpc) is 2.19. The lowest BCUT2D eigenvalue weighted by Gasteiger charge is -2.04. The highest BCUT2D eigenvalue weighted by atomic mass is 127. The summed E-state index contributed by atoms with van der Waals surface area (Å²) in [4.78, 5) is 8.98. The van der Waals surface area contributed by atoms with Crippen LogP contribution in [0.5, 0.6) is 5.75 Å². The molecule has 1 heterocycles. The Morgan fingerprint density at radius 3 is 2.87 bits per heavy atom. The molecule has 78 valence electrons. The number of nitrogens with zero attached hydrogens (tertiary/aromatic N) is 3. The Bertz CT molecular complexity index is 449. The van der Waals surface area contributed by atoms with E-state index in [9.17, 15) is 0 Å². The van der Waals surface area contributed by atoms with Crippen LogP contribution in [0.25, 0.3) is 0 Å². The van der Waals surface area contributed by atoms with E-state index >= 15 is 0 Å². The van der Waals surface area contributed by atoms with Gasteiger partial charge in [0.15, 0.2) is 10.9 Å². The highest BCUT2D eigenvalue weighted by molar-refractivity contribution is 14.1. The van der Waals surface area contributed by atoms with Gasteiger partial charge in [-0.2, -0.15) is 5.26 Å². The van der Waals surface area contributed by atoms with Crippen LogP contribution in [0, 0.1) is 14.9 Å². The maximum Gasteiger partial charge on any atom is 0.193 e. The molecule has 4 nitrogen and oxygen atoms in total. The topological polar surface area (TPSA) is 58.3 Å². The summed E-state index contributed by atoms with van der Waals surface area (Å²) >= 11 is 7.76. The van der Waals surface area contributed by atoms with E-state index in [1.807, 2.05) is 28.7 Å². The van der Waals surface area contributed by atoms with Gasteiger partial charge in [-0.25, -0.2) is 4.98 Å². The van der Waals surface area contributed by atoms with E-state index in [2.05, 4.69) is 10.1 Å². The second-order valence-corrected chi connectivity index (χ2v) is 4.36. The Morgan fingerprint density at radius 2 is 2.33 bits per heavy atom. The molecule has 0 bridgehead atoms. The number of nitriles is 1. The largest absolute Gasteiger partial charge is 0.354 e. The third kappa shape index (κ3) is 3.04. The zero-order valence-corrected chi connectivity index (χ0v) is 11.0. The first-order valence-electron chi connectivity index (χ1n) is 3.98. The van der Waals surface area contributed by atoms with Crippen LogP contribution in [0.2, 0.25) is 5.15 Å². The minimum absolute atomic E-state index is 0.122. The molecule has 1 aromatic heterocycles. The zero-order chi connectivity index (χ0) is 11.4. The van der Waals surface area contributed by atoms with Crippen molar-refractivity contribution in [3.63, 3.8) is 0 Å². The van der Waals surface area contributed by atoms with Gasteiger partial charge in [0.1, 0.15) is 11.6 Å². The summed E-state index contributed by atoms with van der Waals surface area (Å²) in [5.74, 6) is 0.347. The first-order valence-corrected chi connectivity index (χ1v) is 5.44. The van der Waals surface area contributed by atoms with Crippen LogP contribution >= 0.6 is 34.2 Å². The molecule has 0 amide bonds. The van der Waals surface area contributed by atoms with Crippen LogP contribution in [0.3, 0.4) is 0 Å². The van der Waals surface area contributed by atoms with E-state index in [1.165, 1.54) is 6.20 Å². The van der Waals surface area contributed by atoms with Gasteiger partial charge in [-0.15, -0.1) is 0 Å². The van der Waals surface area contributed by atoms with E-state index in [4.69, 9.17) is 21.7 Å². The first kappa shape index (κ1) is 12.2. The number of oxime groups is 1. The number of halogens is 2. The Balaban J connectivity index is 3.21. The Kier molecular flexibility index (Phi) is 4.29. The van der Waals surface area contributed by atoms with Crippen molar-refractivity contribution in [3.05, 3.63) is 20.5 Å². The summed E-state index contributed by atoms with van der Waals surface area (Å²) in [6.07, 6.45) is 1.53. The van der Waals surface area contributed by atoms with Gasteiger partial charge >= 0.3 is 0 Å². The van der Waals surface area contributed by atoms with E-state index in [1.54, 1.807) is 13.8 Å². The summed E-state index contributed by atoms with van der Waals surface area (Å²) in [5.41, 5.74) is 0.955. The van der Waals surface area contributed by atoms with Crippen LogP contribution in [-0.4, -0.2) is 10.7 Å². The summed E-state index contributed by atoms with van der Waals surface area (Å²) in [6, 6.07) is 1.93. The van der Waals surface area contributed by atoms with Gasteiger partial charge in [-0.05, 0) is 36.4 Å². The highest BCUT2D eigenvalue weighted by Gasteiger charge is 2.13. The highest BCUT2D eigenvalue weighted by Crippen LogP contribution is 2.29. The predicted octanol–water partition coefficient (Wildman–Crippen LogP) is 2.99. The van der Waals surface area contributed by atoms with Crippen molar-refractivity contribution in [2.45, 2.75) is 13.8 Å². The van der Waals surface area contributed by atoms with E-state index in [0.717, 1.165) is 5.71 Å². The molecule has 0 N–H and O–H groups in total. The van der Waals surface area contributed by atoms with Gasteiger partial charge < -0.3 is 4.84 Å². The zero-order valence-electron chi connectivity index (χ0n) is 8.08. The average molecular weight is 336 g/mol. The molecule has 0 aliphatic carbocycles. The molecule has 0 aliphatic heterocycles. The number of hydrogen-bond acceptors (Lipinski definition) is 4. The molecule has 6 heteroatoms. The fourth-order valence-electron chi connectivity index (χ4n) is 0.773. The monoisotopic (exact) mass is 335 g/mol. The summed E-state index contributed by atoms with van der Waals surface area (Å²) in [6.45, 7) is 3.59. The van der Waals surface area contributed by atoms with E-state index < -0.39 is 0 Å². The maximum absolute atomic E-state index is 8.88. The molecule has 1 aromatic rings. The number of pyridine rings is 1. The van der Waals surface area contributed by atoms with Gasteiger partial charge in [-0.1, -0.05) is 16.8 Å². The van der Waals surface area contributed by atoms with E-state index in [-0.39, 0.29) is 10.7 Å². The molecular formula is C9H7ClIN3O. The lowest BCUT2D eigenvalue weighted by atomic mass is 10.3. The van der Waals surface area contributed by atoms with Crippen LogP contribution in [0.1, 0.15) is 19.4 Å². The quantitative estimate of drug-likeness (QED) is 0.361. The van der Waals surface area contributed by atoms with Crippen LogP contribution in [-0.2, 0) is 0 Å². The van der Waals surface area contributed by atoms with E-state index in [0.29, 0.717) is 9.32 Å². The Labute approximate surface area is 106 Å². The van der Waals surface area contributed by atoms with Crippen molar-refractivity contribution < 1.29 is 4.84 Å². The van der Waals surface area contributed by atoms with Crippen LogP contribution in [0.15, 0.2) is 11.4 Å². The van der Waals surface area contributed by atoms with Gasteiger partial charge in [-0.3, -0.25) is 0 Å². The lowest BCUT2D eigenvalue weighted by molar-refractivity contribution is 0.337. The fourth-order valence-corrected chi connectivity index (χ4v) is 1.46. The van der Waals surface area contributed by atoms with Crippen molar-refractivity contribution in [2.75, 3.05) is 0 Å². The molecule has 0 atom stereocenters. The molecule has 0 aliphatic rings. The molecule has 0 saturated heterocycles. The molecule has 0 fully saturated rings. The van der Waals surface area contributed by atoms with Crippen molar-refractivity contribution in [1.29, 1.82) is 5.26 Å². The smallest absolute Gasteiger partial charge is 0.193 e. The maximum atomic E-state index is 8.88. The van der Waals surface area contributed by atoms with Crippen molar-refractivity contribution in [1.82, 2.24) is 4.98 Å². The normalized spacial score (nSPS) is 9.27. The molecule has 0 aromatic carbocycles. The molecule has 1 rings (SSSR count). The standard InChI is InChI=1S/C9H7ClIN3O/c1-5(2)14-15-8-6(3-12)9(10)13-4-7(8)11/h4H,1-2H3.